The second kappa shape index (κ2) is 5.26. The van der Waals surface area contributed by atoms with E-state index in [4.69, 9.17) is 5.73 Å². The standard InChI is InChI=1S/C13H18N6/c14-13(16-10-6-7-10)15-8-3-5-12-18-17-11-4-1-2-9-19(11)12/h1-2,4,9-10H,3,5-8H2,(H3,14,15,16). The Hall–Kier alpha value is -2.11. The summed E-state index contributed by atoms with van der Waals surface area (Å²) in [7, 11) is 0. The Morgan fingerprint density at radius 2 is 2.32 bits per heavy atom. The number of guanidine groups is 1. The molecule has 1 aliphatic rings. The maximum atomic E-state index is 5.77. The van der Waals surface area contributed by atoms with Crippen LogP contribution in [-0.2, 0) is 6.42 Å². The van der Waals surface area contributed by atoms with Crippen LogP contribution in [-0.4, -0.2) is 33.1 Å². The molecule has 2 aromatic rings. The molecule has 3 N–H and O–H groups in total. The van der Waals surface area contributed by atoms with Gasteiger partial charge in [-0.3, -0.25) is 9.39 Å². The molecule has 2 heterocycles. The number of pyridine rings is 1. The fourth-order valence-corrected chi connectivity index (χ4v) is 1.98. The number of aliphatic imine (C=N–C) groups is 1. The van der Waals surface area contributed by atoms with E-state index in [0.717, 1.165) is 24.3 Å². The molecule has 1 aliphatic carbocycles. The summed E-state index contributed by atoms with van der Waals surface area (Å²) in [6.07, 6.45) is 6.18. The van der Waals surface area contributed by atoms with Crippen molar-refractivity contribution in [2.75, 3.05) is 6.54 Å². The molecule has 19 heavy (non-hydrogen) atoms. The maximum Gasteiger partial charge on any atom is 0.188 e. The van der Waals surface area contributed by atoms with Crippen molar-refractivity contribution in [1.29, 1.82) is 0 Å². The average Bonchev–Trinajstić information content (AvgIpc) is 3.14. The van der Waals surface area contributed by atoms with Crippen molar-refractivity contribution in [3.63, 3.8) is 0 Å². The first-order valence-corrected chi connectivity index (χ1v) is 6.68. The highest BCUT2D eigenvalue weighted by Gasteiger charge is 2.21. The molecule has 0 spiro atoms. The highest BCUT2D eigenvalue weighted by Crippen LogP contribution is 2.17. The Labute approximate surface area is 111 Å². The fourth-order valence-electron chi connectivity index (χ4n) is 1.98. The lowest BCUT2D eigenvalue weighted by atomic mass is 10.3. The van der Waals surface area contributed by atoms with Crippen LogP contribution < -0.4 is 11.1 Å². The molecule has 2 aromatic heterocycles. The lowest BCUT2D eigenvalue weighted by Crippen LogP contribution is -2.33. The Morgan fingerprint density at radius 3 is 3.16 bits per heavy atom. The van der Waals surface area contributed by atoms with E-state index < -0.39 is 0 Å². The molecule has 0 radical (unpaired) electrons. The Kier molecular flexibility index (Phi) is 3.31. The van der Waals surface area contributed by atoms with Gasteiger partial charge in [0.1, 0.15) is 5.82 Å². The third kappa shape index (κ3) is 3.01. The zero-order valence-corrected chi connectivity index (χ0v) is 10.8. The minimum absolute atomic E-state index is 0.559. The van der Waals surface area contributed by atoms with E-state index in [1.54, 1.807) is 0 Å². The van der Waals surface area contributed by atoms with Gasteiger partial charge in [0.15, 0.2) is 11.6 Å². The number of hydrogen-bond acceptors (Lipinski definition) is 3. The summed E-state index contributed by atoms with van der Waals surface area (Å²) in [5.74, 6) is 1.54. The average molecular weight is 258 g/mol. The van der Waals surface area contributed by atoms with Gasteiger partial charge in [-0.2, -0.15) is 0 Å². The SMILES string of the molecule is NC(=NCCCc1nnc2ccccn12)NC1CC1. The predicted octanol–water partition coefficient (Wildman–Crippen LogP) is 0.729. The van der Waals surface area contributed by atoms with Crippen LogP contribution in [0.4, 0.5) is 0 Å². The van der Waals surface area contributed by atoms with Crippen molar-refractivity contribution in [3.8, 4) is 0 Å². The lowest BCUT2D eigenvalue weighted by Gasteiger charge is -2.02. The van der Waals surface area contributed by atoms with Crippen molar-refractivity contribution in [2.24, 2.45) is 10.7 Å². The van der Waals surface area contributed by atoms with E-state index in [-0.39, 0.29) is 0 Å². The van der Waals surface area contributed by atoms with Gasteiger partial charge in [-0.1, -0.05) is 6.07 Å². The van der Waals surface area contributed by atoms with Crippen LogP contribution in [0.25, 0.3) is 5.65 Å². The van der Waals surface area contributed by atoms with Gasteiger partial charge in [-0.15, -0.1) is 10.2 Å². The van der Waals surface area contributed by atoms with Gasteiger partial charge in [0.25, 0.3) is 0 Å². The molecular weight excluding hydrogens is 240 g/mol. The van der Waals surface area contributed by atoms with Crippen LogP contribution in [0.15, 0.2) is 29.4 Å². The van der Waals surface area contributed by atoms with Gasteiger partial charge in [0.05, 0.1) is 0 Å². The normalized spacial score (nSPS) is 15.9. The maximum absolute atomic E-state index is 5.77. The summed E-state index contributed by atoms with van der Waals surface area (Å²) >= 11 is 0. The summed E-state index contributed by atoms with van der Waals surface area (Å²) in [6, 6.07) is 6.45. The minimum atomic E-state index is 0.559. The third-order valence-electron chi connectivity index (χ3n) is 3.15. The number of aryl methyl sites for hydroxylation is 1. The van der Waals surface area contributed by atoms with E-state index in [0.29, 0.717) is 18.5 Å². The molecule has 0 atom stereocenters. The molecule has 0 aliphatic heterocycles. The van der Waals surface area contributed by atoms with Crippen LogP contribution in [0, 0.1) is 0 Å². The van der Waals surface area contributed by atoms with E-state index >= 15 is 0 Å². The second-order valence-corrected chi connectivity index (χ2v) is 4.83. The van der Waals surface area contributed by atoms with Gasteiger partial charge in [0, 0.05) is 25.2 Å². The molecule has 0 bridgehead atoms. The Balaban J connectivity index is 1.51. The second-order valence-electron chi connectivity index (χ2n) is 4.83. The smallest absolute Gasteiger partial charge is 0.188 e. The first-order valence-electron chi connectivity index (χ1n) is 6.68. The lowest BCUT2D eigenvalue weighted by molar-refractivity contribution is 0.763. The van der Waals surface area contributed by atoms with Gasteiger partial charge < -0.3 is 11.1 Å². The molecule has 3 rings (SSSR count). The van der Waals surface area contributed by atoms with Crippen molar-refractivity contribution in [3.05, 3.63) is 30.2 Å². The van der Waals surface area contributed by atoms with Gasteiger partial charge in [0.2, 0.25) is 0 Å². The van der Waals surface area contributed by atoms with E-state index in [1.807, 2.05) is 28.8 Å². The third-order valence-corrected chi connectivity index (χ3v) is 3.15. The number of fused-ring (bicyclic) bond motifs is 1. The molecule has 1 saturated carbocycles. The number of nitrogens with zero attached hydrogens (tertiary/aromatic N) is 4. The van der Waals surface area contributed by atoms with Crippen LogP contribution in [0.3, 0.4) is 0 Å². The topological polar surface area (TPSA) is 80.6 Å². The van der Waals surface area contributed by atoms with Crippen LogP contribution in [0.5, 0.6) is 0 Å². The van der Waals surface area contributed by atoms with E-state index in [1.165, 1.54) is 12.8 Å². The predicted molar refractivity (Wildman–Crippen MR) is 74.0 cm³/mol. The van der Waals surface area contributed by atoms with Crippen LogP contribution in [0.2, 0.25) is 0 Å². The number of aromatic nitrogens is 3. The highest BCUT2D eigenvalue weighted by molar-refractivity contribution is 5.78. The van der Waals surface area contributed by atoms with Crippen LogP contribution >= 0.6 is 0 Å². The number of hydrogen-bond donors (Lipinski definition) is 2. The first-order chi connectivity index (χ1) is 9.33. The number of rotatable bonds is 5. The zero-order chi connectivity index (χ0) is 13.1. The molecule has 0 saturated heterocycles. The molecule has 6 heteroatoms. The number of nitrogens with one attached hydrogen (secondary N) is 1. The monoisotopic (exact) mass is 258 g/mol. The molecule has 100 valence electrons. The molecule has 1 fully saturated rings. The summed E-state index contributed by atoms with van der Waals surface area (Å²) in [4.78, 5) is 4.31. The van der Waals surface area contributed by atoms with Crippen molar-refractivity contribution in [2.45, 2.75) is 31.7 Å². The van der Waals surface area contributed by atoms with E-state index in [2.05, 4.69) is 20.5 Å². The van der Waals surface area contributed by atoms with Gasteiger partial charge in [-0.25, -0.2) is 0 Å². The van der Waals surface area contributed by atoms with Crippen LogP contribution in [0.1, 0.15) is 25.1 Å². The van der Waals surface area contributed by atoms with Crippen molar-refractivity contribution < 1.29 is 0 Å². The molecular formula is C13H18N6. The molecule has 0 unspecified atom stereocenters. The molecule has 0 aromatic carbocycles. The molecule has 0 amide bonds. The largest absolute Gasteiger partial charge is 0.370 e. The summed E-state index contributed by atoms with van der Waals surface area (Å²) < 4.78 is 2.01. The minimum Gasteiger partial charge on any atom is -0.370 e. The van der Waals surface area contributed by atoms with E-state index in [9.17, 15) is 0 Å². The van der Waals surface area contributed by atoms with Gasteiger partial charge in [-0.05, 0) is 31.4 Å². The number of nitrogens with two attached hydrogens (primary N) is 1. The summed E-state index contributed by atoms with van der Waals surface area (Å²) in [6.45, 7) is 0.716. The first kappa shape index (κ1) is 12.0. The van der Waals surface area contributed by atoms with Crippen molar-refractivity contribution >= 4 is 11.6 Å². The quantitative estimate of drug-likeness (QED) is 0.470. The zero-order valence-electron chi connectivity index (χ0n) is 10.8. The van der Waals surface area contributed by atoms with Crippen molar-refractivity contribution in [1.82, 2.24) is 19.9 Å². The Bertz CT molecular complexity index is 584. The highest BCUT2D eigenvalue weighted by atomic mass is 15.2. The summed E-state index contributed by atoms with van der Waals surface area (Å²) in [5.41, 5.74) is 6.66. The fraction of sp³-hybridized carbons (Fsp3) is 0.462. The summed E-state index contributed by atoms with van der Waals surface area (Å²) in [5, 5.41) is 11.5. The van der Waals surface area contributed by atoms with Gasteiger partial charge >= 0.3 is 0 Å². The molecule has 6 nitrogen and oxygen atoms in total. The Morgan fingerprint density at radius 1 is 1.42 bits per heavy atom.